The molecule has 0 aliphatic carbocycles. The number of thiophene rings is 1. The number of hydrogen-bond acceptors (Lipinski definition) is 7. The van der Waals surface area contributed by atoms with Crippen molar-refractivity contribution < 1.29 is 53.8 Å². The van der Waals surface area contributed by atoms with Crippen LogP contribution in [0.3, 0.4) is 0 Å². The number of hydrogen-bond donors (Lipinski definition) is 1. The van der Waals surface area contributed by atoms with Crippen LogP contribution in [0.4, 0.5) is 61.1 Å². The molecule has 224 valence electrons. The molecule has 2 amide bonds. The van der Waals surface area contributed by atoms with E-state index in [2.05, 4.69) is 14.7 Å². The third-order valence-electron chi connectivity index (χ3n) is 4.84. The maximum Gasteiger partial charge on any atom is 0.425 e. The number of rotatable bonds is 10. The summed E-state index contributed by atoms with van der Waals surface area (Å²) in [6.45, 7) is -4.31. The van der Waals surface area contributed by atoms with Crippen LogP contribution < -0.4 is 19.9 Å². The van der Waals surface area contributed by atoms with E-state index in [0.29, 0.717) is 16.5 Å². The fourth-order valence-electron chi connectivity index (χ4n) is 3.01. The Morgan fingerprint density at radius 2 is 1.63 bits per heavy atom. The Hall–Kier alpha value is -3.80. The molecule has 2 aromatic heterocycles. The molecule has 8 nitrogen and oxygen atoms in total. The number of carbonyl (C=O) groups is 1. The molecule has 0 spiro atoms. The number of alkyl halides is 9. The van der Waals surface area contributed by atoms with Gasteiger partial charge in [-0.2, -0.15) is 49.5 Å². The molecule has 2 heterocycles. The Kier molecular flexibility index (Phi) is 9.90. The van der Waals surface area contributed by atoms with E-state index in [1.54, 1.807) is 30.3 Å². The standard InChI is InChI=1S/C23H20F9N5O3S/c1-36(18-8-7-15(41-18)23(30,31)32)20(38)37(13-39-10-14-5-3-2-4-6-14)19-34-16(33-11-21(24,25)26)9-17(35-19)40-12-22(27,28)29/h2-9H,10-13H2,1H3,(H,33,34,35). The van der Waals surface area contributed by atoms with E-state index in [4.69, 9.17) is 4.74 Å². The molecule has 41 heavy (non-hydrogen) atoms. The third kappa shape index (κ3) is 9.96. The van der Waals surface area contributed by atoms with Crippen molar-refractivity contribution in [2.75, 3.05) is 42.0 Å². The number of urea groups is 1. The lowest BCUT2D eigenvalue weighted by atomic mass is 10.2. The van der Waals surface area contributed by atoms with Crippen LogP contribution in [0.5, 0.6) is 5.88 Å². The van der Waals surface area contributed by atoms with Gasteiger partial charge in [0.2, 0.25) is 11.8 Å². The van der Waals surface area contributed by atoms with Gasteiger partial charge in [0.25, 0.3) is 0 Å². The van der Waals surface area contributed by atoms with Crippen molar-refractivity contribution in [1.29, 1.82) is 0 Å². The Morgan fingerprint density at radius 1 is 0.951 bits per heavy atom. The van der Waals surface area contributed by atoms with Crippen molar-refractivity contribution in [1.82, 2.24) is 9.97 Å². The van der Waals surface area contributed by atoms with Crippen LogP contribution in [0.1, 0.15) is 10.4 Å². The molecule has 3 rings (SSSR count). The highest BCUT2D eigenvalue weighted by Crippen LogP contribution is 2.38. The fraction of sp³-hybridized carbons (Fsp3) is 0.348. The molecule has 3 aromatic rings. The SMILES string of the molecule is CN(C(=O)N(COCc1ccccc1)c1nc(NCC(F)(F)F)cc(OCC(F)(F)F)n1)c1ccc(C(F)(F)F)s1. The molecule has 0 fully saturated rings. The summed E-state index contributed by atoms with van der Waals surface area (Å²) in [4.78, 5) is 21.3. The first-order valence-electron chi connectivity index (χ1n) is 11.2. The zero-order valence-corrected chi connectivity index (χ0v) is 21.6. The Labute approximate surface area is 230 Å². The number of nitrogens with one attached hydrogen (secondary N) is 1. The number of aromatic nitrogens is 2. The highest BCUT2D eigenvalue weighted by molar-refractivity contribution is 7.16. The van der Waals surface area contributed by atoms with E-state index in [1.807, 2.05) is 5.32 Å². The van der Waals surface area contributed by atoms with Gasteiger partial charge in [0.05, 0.1) is 11.6 Å². The summed E-state index contributed by atoms with van der Waals surface area (Å²) in [6.07, 6.45) is -14.3. The highest BCUT2D eigenvalue weighted by Gasteiger charge is 2.35. The predicted molar refractivity (Wildman–Crippen MR) is 130 cm³/mol. The van der Waals surface area contributed by atoms with Crippen molar-refractivity contribution in [3.63, 3.8) is 0 Å². The minimum atomic E-state index is -4.84. The summed E-state index contributed by atoms with van der Waals surface area (Å²) >= 11 is 0.222. The van der Waals surface area contributed by atoms with E-state index in [-0.39, 0.29) is 22.9 Å². The van der Waals surface area contributed by atoms with E-state index < -0.39 is 67.0 Å². The average Bonchev–Trinajstić information content (AvgIpc) is 3.39. The molecule has 0 radical (unpaired) electrons. The Bertz CT molecular complexity index is 1260. The van der Waals surface area contributed by atoms with Crippen LogP contribution in [0, 0.1) is 0 Å². The molecule has 0 unspecified atom stereocenters. The molecule has 0 saturated heterocycles. The molecule has 1 aromatic carbocycles. The molecular weight excluding hydrogens is 597 g/mol. The molecule has 0 saturated carbocycles. The number of benzene rings is 1. The summed E-state index contributed by atoms with van der Waals surface area (Å²) in [6, 6.07) is 9.74. The van der Waals surface area contributed by atoms with Gasteiger partial charge in [-0.1, -0.05) is 30.3 Å². The fourth-order valence-corrected chi connectivity index (χ4v) is 3.84. The molecule has 0 aliphatic rings. The van der Waals surface area contributed by atoms with Gasteiger partial charge >= 0.3 is 24.6 Å². The third-order valence-corrected chi connectivity index (χ3v) is 6.04. The monoisotopic (exact) mass is 617 g/mol. The van der Waals surface area contributed by atoms with Crippen LogP contribution in [0.25, 0.3) is 0 Å². The van der Waals surface area contributed by atoms with Crippen LogP contribution in [-0.4, -0.2) is 55.3 Å². The largest absolute Gasteiger partial charge is 0.468 e. The zero-order valence-electron chi connectivity index (χ0n) is 20.8. The minimum absolute atomic E-state index is 0.102. The van der Waals surface area contributed by atoms with Crippen LogP contribution >= 0.6 is 11.3 Å². The van der Waals surface area contributed by atoms with Crippen LogP contribution in [0.2, 0.25) is 0 Å². The van der Waals surface area contributed by atoms with Crippen molar-refractivity contribution in [3.05, 3.63) is 59.0 Å². The normalized spacial score (nSPS) is 12.2. The Morgan fingerprint density at radius 3 is 2.22 bits per heavy atom. The highest BCUT2D eigenvalue weighted by atomic mass is 32.1. The van der Waals surface area contributed by atoms with Crippen molar-refractivity contribution in [2.24, 2.45) is 0 Å². The number of anilines is 3. The number of nitrogens with zero attached hydrogens (tertiary/aromatic N) is 4. The molecule has 18 heteroatoms. The second-order valence-corrected chi connectivity index (χ2v) is 9.19. The van der Waals surface area contributed by atoms with Gasteiger partial charge < -0.3 is 14.8 Å². The van der Waals surface area contributed by atoms with Crippen molar-refractivity contribution in [2.45, 2.75) is 25.1 Å². The maximum absolute atomic E-state index is 13.4. The second-order valence-electron chi connectivity index (χ2n) is 8.13. The number of halogens is 9. The smallest absolute Gasteiger partial charge is 0.425 e. The van der Waals surface area contributed by atoms with Gasteiger partial charge in [0.15, 0.2) is 6.61 Å². The second kappa shape index (κ2) is 12.8. The van der Waals surface area contributed by atoms with E-state index in [1.165, 1.54) is 0 Å². The number of ether oxygens (including phenoxy) is 2. The van der Waals surface area contributed by atoms with Gasteiger partial charge in [-0.3, -0.25) is 4.90 Å². The molecule has 0 atom stereocenters. The zero-order chi connectivity index (χ0) is 30.4. The average molecular weight is 617 g/mol. The summed E-state index contributed by atoms with van der Waals surface area (Å²) in [5, 5.41) is 1.68. The lowest BCUT2D eigenvalue weighted by molar-refractivity contribution is -0.154. The minimum Gasteiger partial charge on any atom is -0.468 e. The molecule has 0 bridgehead atoms. The number of amides is 2. The van der Waals surface area contributed by atoms with E-state index in [0.717, 1.165) is 24.1 Å². The topological polar surface area (TPSA) is 79.8 Å². The van der Waals surface area contributed by atoms with Gasteiger partial charge in [-0.05, 0) is 17.7 Å². The lowest BCUT2D eigenvalue weighted by Gasteiger charge is -2.26. The Balaban J connectivity index is 1.97. The maximum atomic E-state index is 13.4. The molecule has 0 aliphatic heterocycles. The van der Waals surface area contributed by atoms with E-state index in [9.17, 15) is 44.3 Å². The van der Waals surface area contributed by atoms with Crippen molar-refractivity contribution >= 4 is 34.1 Å². The molecular formula is C23H20F9N5O3S. The first-order chi connectivity index (χ1) is 19.0. The van der Waals surface area contributed by atoms with Gasteiger partial charge in [0.1, 0.15) is 24.0 Å². The quantitative estimate of drug-likeness (QED) is 0.201. The van der Waals surface area contributed by atoms with Crippen molar-refractivity contribution in [3.8, 4) is 5.88 Å². The van der Waals surface area contributed by atoms with Gasteiger partial charge in [-0.25, -0.2) is 9.69 Å². The predicted octanol–water partition coefficient (Wildman–Crippen LogP) is 6.71. The van der Waals surface area contributed by atoms with E-state index >= 15 is 0 Å². The van der Waals surface area contributed by atoms with Gasteiger partial charge in [-0.15, -0.1) is 11.3 Å². The summed E-state index contributed by atoms with van der Waals surface area (Å²) < 4.78 is 126. The first kappa shape index (κ1) is 31.7. The van der Waals surface area contributed by atoms with Crippen LogP contribution in [0.15, 0.2) is 48.5 Å². The summed E-state index contributed by atoms with van der Waals surface area (Å²) in [5.41, 5.74) is 0.636. The lowest BCUT2D eigenvalue weighted by Crippen LogP contribution is -2.43. The first-order valence-corrected chi connectivity index (χ1v) is 12.1. The van der Waals surface area contributed by atoms with Crippen LogP contribution in [-0.2, 0) is 17.5 Å². The summed E-state index contributed by atoms with van der Waals surface area (Å²) in [5.74, 6) is -2.23. The number of carbonyl (C=O) groups excluding carboxylic acids is 1. The summed E-state index contributed by atoms with van der Waals surface area (Å²) in [7, 11) is 1.10. The molecule has 1 N–H and O–H groups in total. The van der Waals surface area contributed by atoms with Gasteiger partial charge in [0, 0.05) is 13.1 Å².